The van der Waals surface area contributed by atoms with Crippen LogP contribution in [0.1, 0.15) is 18.9 Å². The highest BCUT2D eigenvalue weighted by Crippen LogP contribution is 2.41. The molecule has 0 aromatic heterocycles. The number of rotatable bonds is 3. The average molecular weight is 236 g/mol. The molecule has 0 amide bonds. The van der Waals surface area contributed by atoms with Gasteiger partial charge in [0.2, 0.25) is 0 Å². The molecule has 0 bridgehead atoms. The van der Waals surface area contributed by atoms with E-state index in [1.165, 1.54) is 0 Å². The van der Waals surface area contributed by atoms with Crippen molar-refractivity contribution >= 4 is 11.6 Å². The zero-order valence-corrected chi connectivity index (χ0v) is 10.00. The third kappa shape index (κ3) is 1.71. The smallest absolute Gasteiger partial charge is 0.0666 e. The third-order valence-corrected chi connectivity index (χ3v) is 3.58. The summed E-state index contributed by atoms with van der Waals surface area (Å²) in [7, 11) is 0. The molecule has 1 saturated heterocycles. The Morgan fingerprint density at radius 1 is 1.56 bits per heavy atom. The van der Waals surface area contributed by atoms with E-state index in [-0.39, 0.29) is 11.3 Å². The molecule has 2 nitrogen and oxygen atoms in total. The summed E-state index contributed by atoms with van der Waals surface area (Å²) in [6.45, 7) is 3.29. The van der Waals surface area contributed by atoms with Gasteiger partial charge in [-0.15, -0.1) is 0 Å². The van der Waals surface area contributed by atoms with Crippen molar-refractivity contribution in [2.45, 2.75) is 18.8 Å². The Balaban J connectivity index is 2.39. The molecule has 3 heteroatoms. The van der Waals surface area contributed by atoms with Crippen LogP contribution in [0.25, 0.3) is 0 Å². The maximum atomic E-state index is 9.22. The second kappa shape index (κ2) is 4.45. The fourth-order valence-electron chi connectivity index (χ4n) is 2.29. The van der Waals surface area contributed by atoms with E-state index < -0.39 is 0 Å². The van der Waals surface area contributed by atoms with Gasteiger partial charge in [-0.2, -0.15) is 5.26 Å². The first-order valence-corrected chi connectivity index (χ1v) is 5.84. The number of benzene rings is 1. The van der Waals surface area contributed by atoms with Crippen molar-refractivity contribution in [3.8, 4) is 6.07 Å². The Morgan fingerprint density at radius 3 is 2.75 bits per heavy atom. The minimum Gasteiger partial charge on any atom is -0.379 e. The Labute approximate surface area is 101 Å². The largest absolute Gasteiger partial charge is 0.379 e. The summed E-state index contributed by atoms with van der Waals surface area (Å²) in [5.74, 6) is -0.000262. The van der Waals surface area contributed by atoms with Crippen LogP contribution < -0.4 is 0 Å². The molecule has 0 aliphatic carbocycles. The van der Waals surface area contributed by atoms with Gasteiger partial charge < -0.3 is 4.74 Å². The molecule has 1 aromatic rings. The molecule has 1 heterocycles. The lowest BCUT2D eigenvalue weighted by Crippen LogP contribution is -2.51. The summed E-state index contributed by atoms with van der Waals surface area (Å²) < 4.78 is 5.32. The second-order valence-electron chi connectivity index (χ2n) is 4.25. The maximum absolute atomic E-state index is 9.22. The van der Waals surface area contributed by atoms with Gasteiger partial charge in [0, 0.05) is 5.02 Å². The summed E-state index contributed by atoms with van der Waals surface area (Å²) in [6, 6.07) is 10.2. The number of hydrogen-bond acceptors (Lipinski definition) is 2. The van der Waals surface area contributed by atoms with Crippen LogP contribution in [-0.2, 0) is 10.2 Å². The van der Waals surface area contributed by atoms with Crippen molar-refractivity contribution in [2.24, 2.45) is 5.92 Å². The number of nitriles is 1. The first kappa shape index (κ1) is 11.4. The lowest BCUT2D eigenvalue weighted by atomic mass is 9.68. The average Bonchev–Trinajstić information content (AvgIpc) is 2.23. The third-order valence-electron chi connectivity index (χ3n) is 3.35. The molecule has 1 aliphatic rings. The van der Waals surface area contributed by atoms with Gasteiger partial charge in [0.05, 0.1) is 30.6 Å². The van der Waals surface area contributed by atoms with Gasteiger partial charge in [0.25, 0.3) is 0 Å². The Morgan fingerprint density at radius 2 is 2.31 bits per heavy atom. The van der Waals surface area contributed by atoms with Gasteiger partial charge in [-0.3, -0.25) is 0 Å². The fourth-order valence-corrected chi connectivity index (χ4v) is 2.49. The predicted octanol–water partition coefficient (Wildman–Crippen LogP) is 3.16. The highest BCUT2D eigenvalue weighted by Gasteiger charge is 2.46. The molecule has 0 saturated carbocycles. The van der Waals surface area contributed by atoms with Crippen LogP contribution in [0.2, 0.25) is 5.02 Å². The number of hydrogen-bond donors (Lipinski definition) is 0. The quantitative estimate of drug-likeness (QED) is 0.806. The molecule has 0 spiro atoms. The van der Waals surface area contributed by atoms with Gasteiger partial charge in [0.1, 0.15) is 0 Å². The highest BCUT2D eigenvalue weighted by atomic mass is 35.5. The SMILES string of the molecule is CCC(C#N)C1(c2cccc(Cl)c2)COC1. The minimum atomic E-state index is -0.144. The summed E-state index contributed by atoms with van der Waals surface area (Å²) in [5.41, 5.74) is 0.980. The molecule has 1 atom stereocenters. The fraction of sp³-hybridized carbons (Fsp3) is 0.462. The van der Waals surface area contributed by atoms with Gasteiger partial charge in [-0.1, -0.05) is 30.7 Å². The molecule has 1 aliphatic heterocycles. The van der Waals surface area contributed by atoms with E-state index in [9.17, 15) is 5.26 Å². The Bertz CT molecular complexity index is 420. The standard InChI is InChI=1S/C13H14ClNO/c1-2-10(7-15)13(8-16-9-13)11-4-3-5-12(14)6-11/h3-6,10H,2,8-9H2,1H3. The van der Waals surface area contributed by atoms with Crippen LogP contribution >= 0.6 is 11.6 Å². The molecule has 1 aromatic carbocycles. The summed E-state index contributed by atoms with van der Waals surface area (Å²) >= 11 is 6.00. The predicted molar refractivity (Wildman–Crippen MR) is 63.3 cm³/mol. The van der Waals surface area contributed by atoms with E-state index >= 15 is 0 Å². The van der Waals surface area contributed by atoms with Crippen LogP contribution in [0.5, 0.6) is 0 Å². The van der Waals surface area contributed by atoms with Gasteiger partial charge in [-0.25, -0.2) is 0 Å². The van der Waals surface area contributed by atoms with E-state index in [0.717, 1.165) is 17.0 Å². The van der Waals surface area contributed by atoms with Crippen LogP contribution in [0.4, 0.5) is 0 Å². The molecule has 84 valence electrons. The van der Waals surface area contributed by atoms with Crippen LogP contribution in [0, 0.1) is 17.2 Å². The topological polar surface area (TPSA) is 33.0 Å². The van der Waals surface area contributed by atoms with Crippen LogP contribution in [0.15, 0.2) is 24.3 Å². The second-order valence-corrected chi connectivity index (χ2v) is 4.69. The van der Waals surface area contributed by atoms with Crippen molar-refractivity contribution in [2.75, 3.05) is 13.2 Å². The first-order valence-electron chi connectivity index (χ1n) is 5.46. The van der Waals surface area contributed by atoms with Crippen molar-refractivity contribution in [1.82, 2.24) is 0 Å². The molecule has 1 unspecified atom stereocenters. The van der Waals surface area contributed by atoms with E-state index in [1.807, 2.05) is 31.2 Å². The molecule has 0 radical (unpaired) electrons. The van der Waals surface area contributed by atoms with E-state index in [2.05, 4.69) is 6.07 Å². The minimum absolute atomic E-state index is 0.000262. The molecule has 0 N–H and O–H groups in total. The van der Waals surface area contributed by atoms with Gasteiger partial charge in [-0.05, 0) is 24.1 Å². The van der Waals surface area contributed by atoms with E-state index in [4.69, 9.17) is 16.3 Å². The van der Waals surface area contributed by atoms with Crippen molar-refractivity contribution in [3.63, 3.8) is 0 Å². The normalized spacial score (nSPS) is 19.6. The number of halogens is 1. The lowest BCUT2D eigenvalue weighted by Gasteiger charge is -2.45. The molecule has 16 heavy (non-hydrogen) atoms. The number of ether oxygens (including phenoxy) is 1. The highest BCUT2D eigenvalue weighted by molar-refractivity contribution is 6.30. The van der Waals surface area contributed by atoms with Crippen LogP contribution in [-0.4, -0.2) is 13.2 Å². The molecular weight excluding hydrogens is 222 g/mol. The lowest BCUT2D eigenvalue weighted by molar-refractivity contribution is -0.0804. The number of nitrogens with zero attached hydrogens (tertiary/aromatic N) is 1. The van der Waals surface area contributed by atoms with E-state index in [1.54, 1.807) is 0 Å². The van der Waals surface area contributed by atoms with Crippen LogP contribution in [0.3, 0.4) is 0 Å². The van der Waals surface area contributed by atoms with Gasteiger partial charge in [0.15, 0.2) is 0 Å². The zero-order valence-electron chi connectivity index (χ0n) is 9.24. The molecule has 2 rings (SSSR count). The summed E-state index contributed by atoms with van der Waals surface area (Å²) in [4.78, 5) is 0. The van der Waals surface area contributed by atoms with Crippen molar-refractivity contribution in [1.29, 1.82) is 5.26 Å². The van der Waals surface area contributed by atoms with E-state index in [0.29, 0.717) is 13.2 Å². The maximum Gasteiger partial charge on any atom is 0.0666 e. The monoisotopic (exact) mass is 235 g/mol. The zero-order chi connectivity index (χ0) is 11.6. The Kier molecular flexibility index (Phi) is 3.18. The Hall–Kier alpha value is -1.04. The summed E-state index contributed by atoms with van der Waals surface area (Å²) in [5, 5.41) is 9.94. The van der Waals surface area contributed by atoms with Crippen molar-refractivity contribution < 1.29 is 4.74 Å². The molecular formula is C13H14ClNO. The van der Waals surface area contributed by atoms with Crippen molar-refractivity contribution in [3.05, 3.63) is 34.9 Å². The first-order chi connectivity index (χ1) is 7.73. The molecule has 1 fully saturated rings. The van der Waals surface area contributed by atoms with Gasteiger partial charge >= 0.3 is 0 Å². The summed E-state index contributed by atoms with van der Waals surface area (Å²) in [6.07, 6.45) is 0.840.